The van der Waals surface area contributed by atoms with E-state index < -0.39 is 11.7 Å². The van der Waals surface area contributed by atoms with Gasteiger partial charge in [0.1, 0.15) is 17.8 Å². The Morgan fingerprint density at radius 2 is 2.10 bits per heavy atom. The maximum absolute atomic E-state index is 14.2. The van der Waals surface area contributed by atoms with Crippen molar-refractivity contribution in [1.82, 2.24) is 25.3 Å². The van der Waals surface area contributed by atoms with E-state index in [9.17, 15) is 9.18 Å². The Bertz CT molecular complexity index is 1250. The van der Waals surface area contributed by atoms with Crippen LogP contribution in [0.4, 0.5) is 10.2 Å². The van der Waals surface area contributed by atoms with E-state index in [-0.39, 0.29) is 5.56 Å². The van der Waals surface area contributed by atoms with Crippen LogP contribution in [0.3, 0.4) is 0 Å². The standard InChI is InChI=1S/C21H19FN6O2S/c1-23-20(29)18-13-5-3-4-12(19(13)25-9-14(18)22)6-7-24-17-8-15(26-11-27-17)16-10-31-21(28-16)30-2/h3-5,8-11H,6-7H2,1-2H3,(H,23,29)(H,24,26,27). The van der Waals surface area contributed by atoms with Crippen LogP contribution < -0.4 is 15.4 Å². The predicted molar refractivity (Wildman–Crippen MR) is 117 cm³/mol. The SMILES string of the molecule is CNC(=O)c1c(F)cnc2c(CCNc3cc(-c4csc(OC)n4)ncn3)cccc12. The highest BCUT2D eigenvalue weighted by molar-refractivity contribution is 7.11. The molecule has 4 aromatic rings. The Hall–Kier alpha value is -3.66. The average Bonchev–Trinajstić information content (AvgIpc) is 3.28. The second-order valence-corrected chi connectivity index (χ2v) is 7.36. The molecule has 0 bridgehead atoms. The quantitative estimate of drug-likeness (QED) is 0.456. The number of benzene rings is 1. The molecule has 8 nitrogen and oxygen atoms in total. The average molecular weight is 438 g/mol. The summed E-state index contributed by atoms with van der Waals surface area (Å²) in [5.74, 6) is -0.469. The van der Waals surface area contributed by atoms with Crippen LogP contribution in [0.2, 0.25) is 0 Å². The third-order valence-corrected chi connectivity index (χ3v) is 5.48. The fourth-order valence-electron chi connectivity index (χ4n) is 3.21. The van der Waals surface area contributed by atoms with Gasteiger partial charge in [-0.1, -0.05) is 29.5 Å². The second-order valence-electron chi connectivity index (χ2n) is 6.54. The number of fused-ring (bicyclic) bond motifs is 1. The molecule has 0 aliphatic heterocycles. The van der Waals surface area contributed by atoms with E-state index in [1.165, 1.54) is 24.7 Å². The van der Waals surface area contributed by atoms with Crippen molar-refractivity contribution in [1.29, 1.82) is 0 Å². The summed E-state index contributed by atoms with van der Waals surface area (Å²) >= 11 is 1.40. The number of carbonyl (C=O) groups is 1. The van der Waals surface area contributed by atoms with Crippen LogP contribution in [0.1, 0.15) is 15.9 Å². The lowest BCUT2D eigenvalue weighted by atomic mass is 10.0. The van der Waals surface area contributed by atoms with E-state index in [0.717, 1.165) is 11.8 Å². The Balaban J connectivity index is 1.51. The van der Waals surface area contributed by atoms with Crippen LogP contribution in [0.5, 0.6) is 5.19 Å². The molecule has 1 amide bonds. The van der Waals surface area contributed by atoms with Crippen molar-refractivity contribution in [3.8, 4) is 16.6 Å². The maximum atomic E-state index is 14.2. The number of rotatable bonds is 7. The third-order valence-electron chi connectivity index (χ3n) is 4.68. The largest absolute Gasteiger partial charge is 0.473 e. The molecule has 0 aliphatic rings. The Kier molecular flexibility index (Phi) is 5.99. The van der Waals surface area contributed by atoms with Gasteiger partial charge in [-0.3, -0.25) is 9.78 Å². The van der Waals surface area contributed by atoms with E-state index in [4.69, 9.17) is 4.74 Å². The molecule has 158 valence electrons. The molecule has 0 aliphatic carbocycles. The van der Waals surface area contributed by atoms with Gasteiger partial charge in [-0.25, -0.2) is 19.3 Å². The number of ether oxygens (including phenoxy) is 1. The molecule has 0 saturated heterocycles. The zero-order valence-electron chi connectivity index (χ0n) is 16.8. The van der Waals surface area contributed by atoms with Crippen molar-refractivity contribution in [2.24, 2.45) is 0 Å². The normalized spacial score (nSPS) is 10.8. The van der Waals surface area contributed by atoms with Crippen LogP contribution in [-0.2, 0) is 6.42 Å². The monoisotopic (exact) mass is 438 g/mol. The molecular weight excluding hydrogens is 419 g/mol. The summed E-state index contributed by atoms with van der Waals surface area (Å²) in [5, 5.41) is 8.66. The molecule has 1 aromatic carbocycles. The summed E-state index contributed by atoms with van der Waals surface area (Å²) in [6.45, 7) is 0.560. The highest BCUT2D eigenvalue weighted by atomic mass is 32.1. The number of nitrogens with one attached hydrogen (secondary N) is 2. The molecular formula is C21H19FN6O2S. The highest BCUT2D eigenvalue weighted by Gasteiger charge is 2.17. The summed E-state index contributed by atoms with van der Waals surface area (Å²) in [4.78, 5) is 29.2. The first kappa shape index (κ1) is 20.6. The molecule has 31 heavy (non-hydrogen) atoms. The van der Waals surface area contributed by atoms with Gasteiger partial charge in [0.15, 0.2) is 5.82 Å². The van der Waals surface area contributed by atoms with Gasteiger partial charge < -0.3 is 15.4 Å². The van der Waals surface area contributed by atoms with Gasteiger partial charge in [0, 0.05) is 30.4 Å². The minimum Gasteiger partial charge on any atom is -0.473 e. The van der Waals surface area contributed by atoms with Crippen molar-refractivity contribution in [2.75, 3.05) is 26.0 Å². The van der Waals surface area contributed by atoms with Crippen LogP contribution in [0.25, 0.3) is 22.3 Å². The Morgan fingerprint density at radius 3 is 2.87 bits per heavy atom. The summed E-state index contributed by atoms with van der Waals surface area (Å²) in [5.41, 5.74) is 2.90. The number of carbonyl (C=O) groups excluding carboxylic acids is 1. The van der Waals surface area contributed by atoms with Gasteiger partial charge in [0.2, 0.25) is 0 Å². The summed E-state index contributed by atoms with van der Waals surface area (Å²) in [6.07, 6.45) is 3.16. The fourth-order valence-corrected chi connectivity index (χ4v) is 3.84. The molecule has 0 fully saturated rings. The number of aromatic nitrogens is 4. The van der Waals surface area contributed by atoms with Gasteiger partial charge in [-0.2, -0.15) is 0 Å². The highest BCUT2D eigenvalue weighted by Crippen LogP contribution is 2.26. The first-order chi connectivity index (χ1) is 15.1. The van der Waals surface area contributed by atoms with Gasteiger partial charge in [-0.15, -0.1) is 0 Å². The number of halogens is 1. The molecule has 3 heterocycles. The van der Waals surface area contributed by atoms with Gasteiger partial charge in [0.05, 0.1) is 30.1 Å². The van der Waals surface area contributed by atoms with Gasteiger partial charge in [-0.05, 0) is 12.0 Å². The topological polar surface area (TPSA) is 102 Å². The molecule has 0 radical (unpaired) electrons. The van der Waals surface area contributed by atoms with E-state index in [0.29, 0.717) is 46.3 Å². The second kappa shape index (κ2) is 9.00. The number of nitrogens with zero attached hydrogens (tertiary/aromatic N) is 4. The third kappa shape index (κ3) is 4.29. The van der Waals surface area contributed by atoms with Crippen LogP contribution in [-0.4, -0.2) is 46.5 Å². The number of amides is 1. The molecule has 0 atom stereocenters. The number of thiazole rings is 1. The van der Waals surface area contributed by atoms with E-state index in [1.807, 2.05) is 17.5 Å². The van der Waals surface area contributed by atoms with Crippen LogP contribution in [0, 0.1) is 5.82 Å². The molecule has 2 N–H and O–H groups in total. The molecule has 4 rings (SSSR count). The zero-order chi connectivity index (χ0) is 21.8. The predicted octanol–water partition coefficient (Wildman–Crippen LogP) is 3.31. The maximum Gasteiger partial charge on any atom is 0.273 e. The Morgan fingerprint density at radius 1 is 1.23 bits per heavy atom. The molecule has 0 saturated carbocycles. The first-order valence-electron chi connectivity index (χ1n) is 9.44. The number of pyridine rings is 1. The molecule has 0 spiro atoms. The van der Waals surface area contributed by atoms with E-state index >= 15 is 0 Å². The van der Waals surface area contributed by atoms with Gasteiger partial charge >= 0.3 is 0 Å². The Labute approximate surface area is 181 Å². The summed E-state index contributed by atoms with van der Waals surface area (Å²) in [7, 11) is 3.04. The first-order valence-corrected chi connectivity index (χ1v) is 10.3. The lowest BCUT2D eigenvalue weighted by Gasteiger charge is -2.11. The van der Waals surface area contributed by atoms with Gasteiger partial charge in [0.25, 0.3) is 11.1 Å². The minimum absolute atomic E-state index is 0.00134. The summed E-state index contributed by atoms with van der Waals surface area (Å²) in [6, 6.07) is 7.22. The van der Waals surface area contributed by atoms with E-state index in [1.54, 1.807) is 19.2 Å². The number of para-hydroxylation sites is 1. The molecule has 10 heteroatoms. The smallest absolute Gasteiger partial charge is 0.273 e. The number of methoxy groups -OCH3 is 1. The van der Waals surface area contributed by atoms with Crippen molar-refractivity contribution >= 4 is 34.0 Å². The van der Waals surface area contributed by atoms with Crippen molar-refractivity contribution in [2.45, 2.75) is 6.42 Å². The lowest BCUT2D eigenvalue weighted by molar-refractivity contribution is 0.0961. The van der Waals surface area contributed by atoms with Crippen molar-refractivity contribution < 1.29 is 13.9 Å². The number of hydrogen-bond donors (Lipinski definition) is 2. The van der Waals surface area contributed by atoms with Crippen molar-refractivity contribution in [3.63, 3.8) is 0 Å². The van der Waals surface area contributed by atoms with Crippen molar-refractivity contribution in [3.05, 3.63) is 59.1 Å². The van der Waals surface area contributed by atoms with E-state index in [2.05, 4.69) is 30.6 Å². The van der Waals surface area contributed by atoms with Crippen LogP contribution >= 0.6 is 11.3 Å². The molecule has 0 unspecified atom stereocenters. The van der Waals surface area contributed by atoms with Crippen LogP contribution in [0.15, 0.2) is 42.2 Å². The summed E-state index contributed by atoms with van der Waals surface area (Å²) < 4.78 is 19.3. The zero-order valence-corrected chi connectivity index (χ0v) is 17.7. The number of anilines is 1. The molecule has 3 aromatic heterocycles. The lowest BCUT2D eigenvalue weighted by Crippen LogP contribution is -2.20. The fraction of sp³-hybridized carbons (Fsp3) is 0.190. The number of hydrogen-bond acceptors (Lipinski definition) is 8. The minimum atomic E-state index is -0.644.